The predicted molar refractivity (Wildman–Crippen MR) is 131 cm³/mol. The van der Waals surface area contributed by atoms with Crippen LogP contribution in [0.5, 0.6) is 11.5 Å². The monoisotopic (exact) mass is 440 g/mol. The third kappa shape index (κ3) is 9.66. The Bertz CT molecular complexity index is 865. The van der Waals surface area contributed by atoms with Crippen LogP contribution in [0.4, 0.5) is 5.69 Å². The first-order chi connectivity index (χ1) is 15.0. The second kappa shape index (κ2) is 13.4. The lowest BCUT2D eigenvalue weighted by molar-refractivity contribution is 0.0977. The largest absolute Gasteiger partial charge is 0.494 e. The first-order valence-corrected chi connectivity index (χ1v) is 11.1. The molecule has 0 bridgehead atoms. The number of thiocarbonyl (C=S) groups is 1. The Kier molecular flexibility index (Phi) is 10.6. The molecule has 0 radical (unpaired) electrons. The number of amides is 1. The molecule has 0 fully saturated rings. The fourth-order valence-electron chi connectivity index (χ4n) is 2.81. The predicted octanol–water partition coefficient (Wildman–Crippen LogP) is 6.12. The molecule has 5 nitrogen and oxygen atoms in total. The van der Waals surface area contributed by atoms with Gasteiger partial charge in [-0.05, 0) is 67.5 Å². The molecule has 0 aliphatic heterocycles. The number of ether oxygens (including phenoxy) is 2. The van der Waals surface area contributed by atoms with Gasteiger partial charge in [0.15, 0.2) is 5.11 Å². The van der Waals surface area contributed by atoms with E-state index in [1.54, 1.807) is 24.3 Å². The van der Waals surface area contributed by atoms with E-state index in [0.29, 0.717) is 24.5 Å². The number of carbonyl (C=O) groups is 1. The molecule has 0 aliphatic rings. The highest BCUT2D eigenvalue weighted by molar-refractivity contribution is 7.80. The minimum absolute atomic E-state index is 0.217. The van der Waals surface area contributed by atoms with E-state index in [4.69, 9.17) is 21.7 Å². The van der Waals surface area contributed by atoms with Crippen molar-refractivity contribution in [3.63, 3.8) is 0 Å². The first-order valence-electron chi connectivity index (χ1n) is 10.7. The van der Waals surface area contributed by atoms with Crippen LogP contribution in [-0.4, -0.2) is 24.2 Å². The summed E-state index contributed by atoms with van der Waals surface area (Å²) in [5.41, 5.74) is 2.18. The van der Waals surface area contributed by atoms with Gasteiger partial charge in [-0.2, -0.15) is 0 Å². The zero-order chi connectivity index (χ0) is 22.5. The van der Waals surface area contributed by atoms with Crippen molar-refractivity contribution in [2.24, 2.45) is 0 Å². The second-order valence-electron chi connectivity index (χ2n) is 7.47. The Balaban J connectivity index is 1.78. The summed E-state index contributed by atoms with van der Waals surface area (Å²) in [5, 5.41) is 5.91. The summed E-state index contributed by atoms with van der Waals surface area (Å²) in [4.78, 5) is 12.4. The van der Waals surface area contributed by atoms with Crippen molar-refractivity contribution in [3.05, 3.63) is 66.2 Å². The van der Waals surface area contributed by atoms with Crippen LogP contribution < -0.4 is 20.1 Å². The van der Waals surface area contributed by atoms with Gasteiger partial charge in [-0.25, -0.2) is 0 Å². The molecule has 0 saturated carbocycles. The number of rotatable bonds is 12. The van der Waals surface area contributed by atoms with Crippen molar-refractivity contribution in [2.75, 3.05) is 18.5 Å². The molecule has 0 spiro atoms. The number of anilines is 1. The average molecular weight is 441 g/mol. The van der Waals surface area contributed by atoms with Gasteiger partial charge >= 0.3 is 0 Å². The Morgan fingerprint density at radius 1 is 1.00 bits per heavy atom. The van der Waals surface area contributed by atoms with Gasteiger partial charge in [-0.3, -0.25) is 10.1 Å². The molecular formula is C25H32N2O3S. The number of hydrogen-bond donors (Lipinski definition) is 2. The third-order valence-corrected chi connectivity index (χ3v) is 4.64. The van der Waals surface area contributed by atoms with Crippen molar-refractivity contribution < 1.29 is 14.3 Å². The van der Waals surface area contributed by atoms with E-state index in [1.165, 1.54) is 25.7 Å². The van der Waals surface area contributed by atoms with E-state index in [9.17, 15) is 4.79 Å². The Labute approximate surface area is 190 Å². The van der Waals surface area contributed by atoms with Gasteiger partial charge in [0.25, 0.3) is 5.91 Å². The Hall–Kier alpha value is -2.86. The van der Waals surface area contributed by atoms with Crippen molar-refractivity contribution in [2.45, 2.75) is 46.0 Å². The lowest BCUT2D eigenvalue weighted by Gasteiger charge is -2.12. The van der Waals surface area contributed by atoms with E-state index in [0.717, 1.165) is 23.4 Å². The summed E-state index contributed by atoms with van der Waals surface area (Å²) in [6, 6.07) is 14.4. The van der Waals surface area contributed by atoms with Crippen LogP contribution in [0.1, 0.15) is 56.3 Å². The highest BCUT2D eigenvalue weighted by Crippen LogP contribution is 2.18. The van der Waals surface area contributed by atoms with Crippen LogP contribution in [0.25, 0.3) is 0 Å². The molecule has 6 heteroatoms. The molecule has 0 saturated heterocycles. The zero-order valence-corrected chi connectivity index (χ0v) is 19.2. The highest BCUT2D eigenvalue weighted by Gasteiger charge is 2.09. The molecule has 0 aromatic heterocycles. The van der Waals surface area contributed by atoms with Crippen LogP contribution in [-0.2, 0) is 0 Å². The van der Waals surface area contributed by atoms with Gasteiger partial charge in [-0.1, -0.05) is 45.3 Å². The molecule has 2 aromatic carbocycles. The Morgan fingerprint density at radius 3 is 2.45 bits per heavy atom. The molecule has 0 heterocycles. The highest BCUT2D eigenvalue weighted by atomic mass is 32.1. The van der Waals surface area contributed by atoms with E-state index in [2.05, 4.69) is 24.1 Å². The molecule has 166 valence electrons. The summed E-state index contributed by atoms with van der Waals surface area (Å²) in [6.07, 6.45) is 5.98. The number of unbranched alkanes of at least 4 members (excludes halogenated alkanes) is 4. The van der Waals surface area contributed by atoms with Gasteiger partial charge in [0.1, 0.15) is 18.1 Å². The van der Waals surface area contributed by atoms with E-state index in [1.807, 2.05) is 31.2 Å². The van der Waals surface area contributed by atoms with Gasteiger partial charge in [0.05, 0.1) is 6.61 Å². The van der Waals surface area contributed by atoms with E-state index >= 15 is 0 Å². The number of benzene rings is 2. The van der Waals surface area contributed by atoms with Crippen LogP contribution in [0.2, 0.25) is 0 Å². The molecule has 2 aromatic rings. The summed E-state index contributed by atoms with van der Waals surface area (Å²) in [6.45, 7) is 9.07. The minimum atomic E-state index is -0.279. The molecule has 0 atom stereocenters. The van der Waals surface area contributed by atoms with Crippen LogP contribution >= 0.6 is 12.2 Å². The van der Waals surface area contributed by atoms with E-state index < -0.39 is 0 Å². The number of carbonyl (C=O) groups excluding carboxylic acids is 1. The molecular weight excluding hydrogens is 408 g/mol. The number of nitrogens with one attached hydrogen (secondary N) is 2. The van der Waals surface area contributed by atoms with Gasteiger partial charge in [-0.15, -0.1) is 0 Å². The third-order valence-electron chi connectivity index (χ3n) is 4.44. The quantitative estimate of drug-likeness (QED) is 0.237. The maximum absolute atomic E-state index is 12.4. The SMILES string of the molecule is C=C(C)COc1cccc(NC(=S)NC(=O)c2ccc(OCCCCCCC)cc2)c1. The van der Waals surface area contributed by atoms with E-state index in [-0.39, 0.29) is 11.0 Å². The van der Waals surface area contributed by atoms with Gasteiger partial charge < -0.3 is 14.8 Å². The fraction of sp³-hybridized carbons (Fsp3) is 0.360. The number of hydrogen-bond acceptors (Lipinski definition) is 4. The molecule has 2 rings (SSSR count). The smallest absolute Gasteiger partial charge is 0.257 e. The molecule has 2 N–H and O–H groups in total. The van der Waals surface area contributed by atoms with Crippen LogP contribution in [0.3, 0.4) is 0 Å². The fourth-order valence-corrected chi connectivity index (χ4v) is 3.02. The zero-order valence-electron chi connectivity index (χ0n) is 18.4. The topological polar surface area (TPSA) is 59.6 Å². The average Bonchev–Trinajstić information content (AvgIpc) is 2.75. The van der Waals surface area contributed by atoms with Crippen LogP contribution in [0, 0.1) is 0 Å². The summed E-state index contributed by atoms with van der Waals surface area (Å²) >= 11 is 5.27. The van der Waals surface area contributed by atoms with Crippen molar-refractivity contribution in [1.82, 2.24) is 5.32 Å². The summed E-state index contributed by atoms with van der Waals surface area (Å²) in [7, 11) is 0. The minimum Gasteiger partial charge on any atom is -0.494 e. The van der Waals surface area contributed by atoms with Crippen LogP contribution in [0.15, 0.2) is 60.7 Å². The molecule has 1 amide bonds. The van der Waals surface area contributed by atoms with Crippen molar-refractivity contribution in [3.8, 4) is 11.5 Å². The maximum atomic E-state index is 12.4. The molecule has 31 heavy (non-hydrogen) atoms. The molecule has 0 aliphatic carbocycles. The lowest BCUT2D eigenvalue weighted by Crippen LogP contribution is -2.34. The summed E-state index contributed by atoms with van der Waals surface area (Å²) in [5.74, 6) is 1.18. The van der Waals surface area contributed by atoms with Gasteiger partial charge in [0, 0.05) is 17.3 Å². The maximum Gasteiger partial charge on any atom is 0.257 e. The normalized spacial score (nSPS) is 10.3. The second-order valence-corrected chi connectivity index (χ2v) is 7.88. The van der Waals surface area contributed by atoms with Crippen molar-refractivity contribution >= 4 is 28.9 Å². The lowest BCUT2D eigenvalue weighted by atomic mass is 10.2. The standard InChI is InChI=1S/C25H32N2O3S/c1-4-5-6-7-8-16-29-22-14-12-20(13-15-22)24(28)27-25(31)26-21-10-9-11-23(17-21)30-18-19(2)3/h9-15,17H,2,4-8,16,18H2,1,3H3,(H2,26,27,28,31). The summed E-state index contributed by atoms with van der Waals surface area (Å²) < 4.78 is 11.4. The van der Waals surface area contributed by atoms with Gasteiger partial charge in [0.2, 0.25) is 0 Å². The molecule has 0 unspecified atom stereocenters. The van der Waals surface area contributed by atoms with Crippen molar-refractivity contribution in [1.29, 1.82) is 0 Å². The Morgan fingerprint density at radius 2 is 1.74 bits per heavy atom. The first kappa shape index (κ1) is 24.4.